The molecule has 0 saturated heterocycles. The topological polar surface area (TPSA) is 62.7 Å². The van der Waals surface area contributed by atoms with Crippen LogP contribution >= 0.6 is 23.4 Å². The molecule has 0 spiro atoms. The van der Waals surface area contributed by atoms with Crippen LogP contribution in [0.25, 0.3) is 0 Å². The molecule has 0 aliphatic heterocycles. The van der Waals surface area contributed by atoms with Crippen LogP contribution in [0.2, 0.25) is 5.02 Å². The molecule has 1 unspecified atom stereocenters. The van der Waals surface area contributed by atoms with Gasteiger partial charge in [-0.15, -0.1) is 11.8 Å². The second-order valence-electron chi connectivity index (χ2n) is 4.61. The van der Waals surface area contributed by atoms with Crippen molar-refractivity contribution < 1.29 is 9.53 Å². The zero-order valence-electron chi connectivity index (χ0n) is 13.1. The second kappa shape index (κ2) is 10.3. The van der Waals surface area contributed by atoms with Crippen LogP contribution in [-0.2, 0) is 9.53 Å². The van der Waals surface area contributed by atoms with Crippen LogP contribution < -0.4 is 10.6 Å². The van der Waals surface area contributed by atoms with Crippen LogP contribution in [0.4, 0.5) is 0 Å². The smallest absolute Gasteiger partial charge is 0.310 e. The maximum absolute atomic E-state index is 11.3. The van der Waals surface area contributed by atoms with Gasteiger partial charge >= 0.3 is 5.97 Å². The first kappa shape index (κ1) is 18.6. The molecule has 1 aromatic rings. The van der Waals surface area contributed by atoms with Gasteiger partial charge in [0.05, 0.1) is 13.0 Å². The Morgan fingerprint density at radius 1 is 1.36 bits per heavy atom. The third-order valence-corrected chi connectivity index (χ3v) is 4.15. The molecule has 0 radical (unpaired) electrons. The Hall–Kier alpha value is -1.40. The number of hydrogen-bond acceptors (Lipinski definition) is 4. The first-order valence-electron chi connectivity index (χ1n) is 6.97. The summed E-state index contributed by atoms with van der Waals surface area (Å²) < 4.78 is 4.68. The number of rotatable bonds is 7. The lowest BCUT2D eigenvalue weighted by Crippen LogP contribution is -2.41. The van der Waals surface area contributed by atoms with Crippen LogP contribution in [0.3, 0.4) is 0 Å². The molecular formula is C15H22ClN3O2S. The standard InChI is InChI=1S/C15H22ClN3O2S/c1-11(14(20)21-3)10-19-15(17-2)18-8-9-22-13-6-4-12(16)5-7-13/h4-7,11H,8-10H2,1-3H3,(H2,17,18,19). The van der Waals surface area contributed by atoms with Crippen LogP contribution in [0.15, 0.2) is 34.2 Å². The minimum atomic E-state index is -0.235. The molecular weight excluding hydrogens is 322 g/mol. The van der Waals surface area contributed by atoms with E-state index in [1.807, 2.05) is 31.2 Å². The number of carbonyl (C=O) groups excluding carboxylic acids is 1. The lowest BCUT2D eigenvalue weighted by molar-refractivity contribution is -0.144. The van der Waals surface area contributed by atoms with Gasteiger partial charge in [0, 0.05) is 35.8 Å². The van der Waals surface area contributed by atoms with Crippen molar-refractivity contribution in [3.8, 4) is 0 Å². The largest absolute Gasteiger partial charge is 0.469 e. The molecule has 122 valence electrons. The summed E-state index contributed by atoms with van der Waals surface area (Å²) in [5.41, 5.74) is 0. The van der Waals surface area contributed by atoms with E-state index in [9.17, 15) is 4.79 Å². The predicted octanol–water partition coefficient (Wildman–Crippen LogP) is 2.41. The Balaban J connectivity index is 2.24. The Morgan fingerprint density at radius 2 is 2.05 bits per heavy atom. The van der Waals surface area contributed by atoms with Gasteiger partial charge in [-0.2, -0.15) is 0 Å². The number of thioether (sulfide) groups is 1. The van der Waals surface area contributed by atoms with E-state index in [0.717, 1.165) is 17.3 Å². The fraction of sp³-hybridized carbons (Fsp3) is 0.467. The Morgan fingerprint density at radius 3 is 2.64 bits per heavy atom. The number of esters is 1. The number of carbonyl (C=O) groups is 1. The molecule has 7 heteroatoms. The number of nitrogens with one attached hydrogen (secondary N) is 2. The van der Waals surface area contributed by atoms with Crippen LogP contribution in [-0.4, -0.2) is 44.9 Å². The molecule has 1 atom stereocenters. The third kappa shape index (κ3) is 7.04. The quantitative estimate of drug-likeness (QED) is 0.262. The maximum atomic E-state index is 11.3. The Labute approximate surface area is 140 Å². The van der Waals surface area contributed by atoms with Gasteiger partial charge in [-0.25, -0.2) is 0 Å². The van der Waals surface area contributed by atoms with E-state index in [1.54, 1.807) is 18.8 Å². The SMILES string of the molecule is CN=C(NCCSc1ccc(Cl)cc1)NCC(C)C(=O)OC. The molecule has 0 aliphatic carbocycles. The zero-order valence-corrected chi connectivity index (χ0v) is 14.6. The molecule has 1 rings (SSSR count). The molecule has 0 bridgehead atoms. The summed E-state index contributed by atoms with van der Waals surface area (Å²) in [6, 6.07) is 7.76. The van der Waals surface area contributed by atoms with Gasteiger partial charge in [-0.05, 0) is 24.3 Å². The number of aliphatic imine (C=N–C) groups is 1. The van der Waals surface area contributed by atoms with E-state index in [2.05, 4.69) is 20.4 Å². The summed E-state index contributed by atoms with van der Waals surface area (Å²) in [4.78, 5) is 16.6. The number of halogens is 1. The summed E-state index contributed by atoms with van der Waals surface area (Å²) in [7, 11) is 3.09. The number of benzene rings is 1. The van der Waals surface area contributed by atoms with Crippen molar-refractivity contribution in [2.45, 2.75) is 11.8 Å². The third-order valence-electron chi connectivity index (χ3n) is 2.88. The van der Waals surface area contributed by atoms with E-state index in [1.165, 1.54) is 12.0 Å². The minimum absolute atomic E-state index is 0.216. The molecule has 0 aromatic heterocycles. The van der Waals surface area contributed by atoms with Crippen molar-refractivity contribution in [1.82, 2.24) is 10.6 Å². The molecule has 0 saturated carbocycles. The van der Waals surface area contributed by atoms with Gasteiger partial charge in [-0.1, -0.05) is 18.5 Å². The molecule has 1 aromatic carbocycles. The van der Waals surface area contributed by atoms with Crippen molar-refractivity contribution in [2.75, 3.05) is 33.0 Å². The van der Waals surface area contributed by atoms with Crippen LogP contribution in [0, 0.1) is 5.92 Å². The second-order valence-corrected chi connectivity index (χ2v) is 6.21. The monoisotopic (exact) mass is 343 g/mol. The number of guanidine groups is 1. The van der Waals surface area contributed by atoms with Gasteiger partial charge in [0.25, 0.3) is 0 Å². The van der Waals surface area contributed by atoms with Crippen molar-refractivity contribution in [1.29, 1.82) is 0 Å². The maximum Gasteiger partial charge on any atom is 0.310 e. The van der Waals surface area contributed by atoms with Gasteiger partial charge in [0.1, 0.15) is 0 Å². The molecule has 0 aliphatic rings. The van der Waals surface area contributed by atoms with Crippen molar-refractivity contribution in [3.05, 3.63) is 29.3 Å². The summed E-state index contributed by atoms with van der Waals surface area (Å²) in [5, 5.41) is 7.05. The van der Waals surface area contributed by atoms with Crippen molar-refractivity contribution in [3.63, 3.8) is 0 Å². The molecule has 0 amide bonds. The highest BCUT2D eigenvalue weighted by molar-refractivity contribution is 7.99. The highest BCUT2D eigenvalue weighted by atomic mass is 35.5. The van der Waals surface area contributed by atoms with E-state index in [0.29, 0.717) is 12.5 Å². The molecule has 0 heterocycles. The highest BCUT2D eigenvalue weighted by Crippen LogP contribution is 2.19. The van der Waals surface area contributed by atoms with Crippen molar-refractivity contribution in [2.24, 2.45) is 10.9 Å². The van der Waals surface area contributed by atoms with Gasteiger partial charge in [0.2, 0.25) is 0 Å². The van der Waals surface area contributed by atoms with E-state index >= 15 is 0 Å². The fourth-order valence-corrected chi connectivity index (χ4v) is 2.52. The molecule has 5 nitrogen and oxygen atoms in total. The first-order valence-corrected chi connectivity index (χ1v) is 8.34. The molecule has 0 fully saturated rings. The number of ether oxygens (including phenoxy) is 1. The van der Waals surface area contributed by atoms with Crippen LogP contribution in [0.1, 0.15) is 6.92 Å². The average molecular weight is 344 g/mol. The first-order chi connectivity index (χ1) is 10.6. The lowest BCUT2D eigenvalue weighted by Gasteiger charge is -2.14. The highest BCUT2D eigenvalue weighted by Gasteiger charge is 2.13. The normalized spacial score (nSPS) is 12.6. The van der Waals surface area contributed by atoms with Gasteiger partial charge in [-0.3, -0.25) is 9.79 Å². The summed E-state index contributed by atoms with van der Waals surface area (Å²) in [6.45, 7) is 3.05. The summed E-state index contributed by atoms with van der Waals surface area (Å²) in [6.07, 6.45) is 0. The van der Waals surface area contributed by atoms with E-state index in [-0.39, 0.29) is 11.9 Å². The van der Waals surface area contributed by atoms with Gasteiger partial charge in [0.15, 0.2) is 5.96 Å². The van der Waals surface area contributed by atoms with Crippen molar-refractivity contribution >= 4 is 35.3 Å². The molecule has 2 N–H and O–H groups in total. The molecule has 22 heavy (non-hydrogen) atoms. The minimum Gasteiger partial charge on any atom is -0.469 e. The zero-order chi connectivity index (χ0) is 16.4. The van der Waals surface area contributed by atoms with Crippen LogP contribution in [0.5, 0.6) is 0 Å². The number of methoxy groups -OCH3 is 1. The Kier molecular flexibility index (Phi) is 8.77. The predicted molar refractivity (Wildman–Crippen MR) is 92.7 cm³/mol. The average Bonchev–Trinajstić information content (AvgIpc) is 2.54. The summed E-state index contributed by atoms with van der Waals surface area (Å²) >= 11 is 7.58. The lowest BCUT2D eigenvalue weighted by atomic mass is 10.2. The van der Waals surface area contributed by atoms with E-state index in [4.69, 9.17) is 11.6 Å². The number of nitrogens with zero attached hydrogens (tertiary/aromatic N) is 1. The fourth-order valence-electron chi connectivity index (χ4n) is 1.62. The van der Waals surface area contributed by atoms with Gasteiger partial charge < -0.3 is 15.4 Å². The van der Waals surface area contributed by atoms with E-state index < -0.39 is 0 Å². The Bertz CT molecular complexity index is 494. The summed E-state index contributed by atoms with van der Waals surface area (Å²) in [5.74, 6) is 1.12. The number of hydrogen-bond donors (Lipinski definition) is 2.